The first-order valence-electron chi connectivity index (χ1n) is 11.7. The third-order valence-corrected chi connectivity index (χ3v) is 6.78. The molecule has 1 saturated heterocycles. The number of benzene rings is 2. The monoisotopic (exact) mass is 417 g/mol. The van der Waals surface area contributed by atoms with Gasteiger partial charge in [0.25, 0.3) is 5.89 Å². The Kier molecular flexibility index (Phi) is 6.30. The van der Waals surface area contributed by atoms with Crippen LogP contribution in [-0.4, -0.2) is 34.2 Å². The first kappa shape index (κ1) is 20.3. The van der Waals surface area contributed by atoms with E-state index >= 15 is 0 Å². The van der Waals surface area contributed by atoms with Gasteiger partial charge in [-0.15, -0.1) is 0 Å². The molecule has 0 N–H and O–H groups in total. The quantitative estimate of drug-likeness (QED) is 0.507. The van der Waals surface area contributed by atoms with E-state index in [0.717, 1.165) is 35.2 Å². The van der Waals surface area contributed by atoms with Crippen LogP contribution in [0.15, 0.2) is 59.1 Å². The molecule has 0 bridgehead atoms. The molecule has 1 aliphatic heterocycles. The van der Waals surface area contributed by atoms with Crippen molar-refractivity contribution in [2.75, 3.05) is 13.1 Å². The van der Waals surface area contributed by atoms with Crippen molar-refractivity contribution in [3.05, 3.63) is 66.0 Å². The number of hydrogen-bond acceptors (Lipinski definition) is 5. The van der Waals surface area contributed by atoms with Crippen LogP contribution in [0.2, 0.25) is 0 Å². The third kappa shape index (κ3) is 5.16. The number of para-hydroxylation sites is 1. The summed E-state index contributed by atoms with van der Waals surface area (Å²) in [4.78, 5) is 7.39. The Morgan fingerprint density at radius 1 is 0.903 bits per heavy atom. The van der Waals surface area contributed by atoms with E-state index < -0.39 is 0 Å². The van der Waals surface area contributed by atoms with Crippen molar-refractivity contribution in [3.63, 3.8) is 0 Å². The molecule has 2 aromatic carbocycles. The van der Waals surface area contributed by atoms with Gasteiger partial charge >= 0.3 is 0 Å². The molecule has 5 nitrogen and oxygen atoms in total. The topological polar surface area (TPSA) is 51.4 Å². The highest BCUT2D eigenvalue weighted by atomic mass is 16.5. The van der Waals surface area contributed by atoms with E-state index in [1.807, 2.05) is 42.5 Å². The molecular formula is C26H31N3O2. The van der Waals surface area contributed by atoms with Crippen molar-refractivity contribution in [2.24, 2.45) is 5.92 Å². The van der Waals surface area contributed by atoms with Gasteiger partial charge in [-0.05, 0) is 74.5 Å². The Labute approximate surface area is 184 Å². The Morgan fingerprint density at radius 3 is 2.39 bits per heavy atom. The molecular weight excluding hydrogens is 386 g/mol. The lowest BCUT2D eigenvalue weighted by Gasteiger charge is -2.35. The Balaban J connectivity index is 1.12. The molecule has 3 aromatic rings. The van der Waals surface area contributed by atoms with E-state index in [-0.39, 0.29) is 0 Å². The largest absolute Gasteiger partial charge is 0.489 e. The number of ether oxygens (including phenoxy) is 1. The lowest BCUT2D eigenvalue weighted by molar-refractivity contribution is 0.133. The fourth-order valence-corrected chi connectivity index (χ4v) is 4.93. The van der Waals surface area contributed by atoms with Gasteiger partial charge in [0.2, 0.25) is 0 Å². The summed E-state index contributed by atoms with van der Waals surface area (Å²) < 4.78 is 11.4. The molecule has 0 unspecified atom stereocenters. The number of nitrogens with zero attached hydrogens (tertiary/aromatic N) is 3. The van der Waals surface area contributed by atoms with E-state index in [2.05, 4.69) is 27.2 Å². The van der Waals surface area contributed by atoms with Gasteiger partial charge in [-0.25, -0.2) is 0 Å². The molecule has 162 valence electrons. The first-order chi connectivity index (χ1) is 15.3. The molecule has 1 aromatic heterocycles. The van der Waals surface area contributed by atoms with E-state index in [0.29, 0.717) is 18.4 Å². The summed E-state index contributed by atoms with van der Waals surface area (Å²) in [6.07, 6.45) is 9.04. The van der Waals surface area contributed by atoms with Gasteiger partial charge in [0.05, 0.1) is 0 Å². The van der Waals surface area contributed by atoms with Gasteiger partial charge in [0.15, 0.2) is 5.82 Å². The summed E-state index contributed by atoms with van der Waals surface area (Å²) in [6, 6.07) is 18.9. The van der Waals surface area contributed by atoms with Crippen LogP contribution in [0, 0.1) is 5.92 Å². The maximum absolute atomic E-state index is 5.81. The second kappa shape index (κ2) is 9.65. The standard InChI is InChI=1S/C26H31N3O2/c1-2-8-24(9-3-1)30-19-21-10-12-22(13-11-21)26-27-25(28-31-26)18-20-14-16-29(17-15-20)23-6-4-5-7-23/h1-3,8-13,20,23H,4-7,14-19H2. The zero-order valence-electron chi connectivity index (χ0n) is 18.1. The number of hydrogen-bond donors (Lipinski definition) is 0. The third-order valence-electron chi connectivity index (χ3n) is 6.78. The normalized spacial score (nSPS) is 18.5. The van der Waals surface area contributed by atoms with E-state index in [1.54, 1.807) is 0 Å². The number of rotatable bonds is 7. The summed E-state index contributed by atoms with van der Waals surface area (Å²) in [6.45, 7) is 3.00. The van der Waals surface area contributed by atoms with Gasteiger partial charge < -0.3 is 14.2 Å². The van der Waals surface area contributed by atoms with Crippen molar-refractivity contribution < 1.29 is 9.26 Å². The summed E-state index contributed by atoms with van der Waals surface area (Å²) in [5.74, 6) is 2.99. The predicted molar refractivity (Wildman–Crippen MR) is 121 cm³/mol. The minimum atomic E-state index is 0.541. The summed E-state index contributed by atoms with van der Waals surface area (Å²) in [5.41, 5.74) is 2.07. The van der Waals surface area contributed by atoms with Crippen molar-refractivity contribution in [2.45, 2.75) is 57.6 Å². The van der Waals surface area contributed by atoms with Crippen LogP contribution in [0.25, 0.3) is 11.5 Å². The summed E-state index contributed by atoms with van der Waals surface area (Å²) in [5, 5.41) is 4.26. The molecule has 0 amide bonds. The van der Waals surface area contributed by atoms with Crippen LogP contribution in [0.5, 0.6) is 5.75 Å². The van der Waals surface area contributed by atoms with Crippen LogP contribution >= 0.6 is 0 Å². The molecule has 1 aliphatic carbocycles. The van der Waals surface area contributed by atoms with Crippen LogP contribution in [0.1, 0.15) is 49.9 Å². The Bertz CT molecular complexity index is 940. The minimum absolute atomic E-state index is 0.541. The Morgan fingerprint density at radius 2 is 1.65 bits per heavy atom. The molecule has 0 radical (unpaired) electrons. The maximum atomic E-state index is 5.81. The molecule has 2 fully saturated rings. The zero-order valence-corrected chi connectivity index (χ0v) is 18.1. The maximum Gasteiger partial charge on any atom is 0.257 e. The second-order valence-electron chi connectivity index (χ2n) is 8.94. The fraction of sp³-hybridized carbons (Fsp3) is 0.462. The molecule has 5 rings (SSSR count). The van der Waals surface area contributed by atoms with E-state index in [4.69, 9.17) is 9.26 Å². The van der Waals surface area contributed by atoms with E-state index in [9.17, 15) is 0 Å². The minimum Gasteiger partial charge on any atom is -0.489 e. The second-order valence-corrected chi connectivity index (χ2v) is 8.94. The highest BCUT2D eigenvalue weighted by Crippen LogP contribution is 2.29. The number of piperidine rings is 1. The molecule has 0 spiro atoms. The van der Waals surface area contributed by atoms with Crippen LogP contribution in [0.4, 0.5) is 0 Å². The Hall–Kier alpha value is -2.66. The van der Waals surface area contributed by atoms with Gasteiger partial charge in [0.1, 0.15) is 12.4 Å². The highest BCUT2D eigenvalue weighted by molar-refractivity contribution is 5.53. The lowest BCUT2D eigenvalue weighted by Crippen LogP contribution is -2.40. The van der Waals surface area contributed by atoms with Crippen LogP contribution in [0.3, 0.4) is 0 Å². The number of likely N-dealkylation sites (tertiary alicyclic amines) is 1. The molecule has 31 heavy (non-hydrogen) atoms. The highest BCUT2D eigenvalue weighted by Gasteiger charge is 2.27. The van der Waals surface area contributed by atoms with Crippen molar-refractivity contribution >= 4 is 0 Å². The molecule has 2 heterocycles. The van der Waals surface area contributed by atoms with Crippen molar-refractivity contribution in [1.82, 2.24) is 15.0 Å². The summed E-state index contributed by atoms with van der Waals surface area (Å²) in [7, 11) is 0. The smallest absolute Gasteiger partial charge is 0.257 e. The molecule has 2 aliphatic rings. The first-order valence-corrected chi connectivity index (χ1v) is 11.7. The van der Waals surface area contributed by atoms with Crippen LogP contribution in [-0.2, 0) is 13.0 Å². The molecule has 0 atom stereocenters. The van der Waals surface area contributed by atoms with Gasteiger partial charge in [-0.2, -0.15) is 4.98 Å². The molecule has 1 saturated carbocycles. The fourth-order valence-electron chi connectivity index (χ4n) is 4.93. The number of aromatic nitrogens is 2. The van der Waals surface area contributed by atoms with Gasteiger partial charge in [-0.1, -0.05) is 48.3 Å². The predicted octanol–water partition coefficient (Wildman–Crippen LogP) is 5.51. The average Bonchev–Trinajstić information content (AvgIpc) is 3.52. The average molecular weight is 418 g/mol. The van der Waals surface area contributed by atoms with Crippen molar-refractivity contribution in [1.29, 1.82) is 0 Å². The van der Waals surface area contributed by atoms with Crippen molar-refractivity contribution in [3.8, 4) is 17.2 Å². The lowest BCUT2D eigenvalue weighted by atomic mass is 9.92. The SMILES string of the molecule is c1ccc(OCc2ccc(-c3nc(CC4CCN(C5CCCC5)CC4)no3)cc2)cc1. The van der Waals surface area contributed by atoms with Gasteiger partial charge in [-0.3, -0.25) is 0 Å². The van der Waals surface area contributed by atoms with E-state index in [1.165, 1.54) is 51.6 Å². The molecule has 5 heteroatoms. The van der Waals surface area contributed by atoms with Crippen LogP contribution < -0.4 is 4.74 Å². The van der Waals surface area contributed by atoms with Gasteiger partial charge in [0, 0.05) is 18.0 Å². The zero-order chi connectivity index (χ0) is 20.9. The summed E-state index contributed by atoms with van der Waals surface area (Å²) >= 11 is 0.